The van der Waals surface area contributed by atoms with Crippen LogP contribution in [0.5, 0.6) is 0 Å². The van der Waals surface area contributed by atoms with E-state index in [1.165, 1.54) is 0 Å². The van der Waals surface area contributed by atoms with Crippen molar-refractivity contribution in [3.8, 4) is 11.5 Å². The van der Waals surface area contributed by atoms with Crippen LogP contribution in [0.4, 0.5) is 5.82 Å². The topological polar surface area (TPSA) is 50.7 Å². The predicted octanol–water partition coefficient (Wildman–Crippen LogP) is 3.49. The molecule has 0 amide bonds. The second kappa shape index (κ2) is 5.19. The van der Waals surface area contributed by atoms with Crippen molar-refractivity contribution in [2.45, 2.75) is 40.0 Å². The number of hydrogen-bond acceptors (Lipinski definition) is 4. The van der Waals surface area contributed by atoms with Gasteiger partial charge in [0.2, 0.25) is 0 Å². The molecule has 4 nitrogen and oxygen atoms in total. The minimum atomic E-state index is -0.0259. The normalized spacial score (nSPS) is 11.5. The first-order valence-electron chi connectivity index (χ1n) is 6.82. The number of aromatic nitrogens is 3. The number of nitrogens with zero attached hydrogens (tertiary/aromatic N) is 3. The smallest absolute Gasteiger partial charge is 0.180 e. The monoisotopic (exact) mass is 270 g/mol. The molecule has 2 aromatic rings. The Morgan fingerprint density at radius 2 is 1.75 bits per heavy atom. The van der Waals surface area contributed by atoms with Crippen molar-refractivity contribution in [2.24, 2.45) is 0 Å². The summed E-state index contributed by atoms with van der Waals surface area (Å²) in [5, 5.41) is 3.10. The molecule has 0 saturated heterocycles. The molecule has 1 N–H and O–H groups in total. The van der Waals surface area contributed by atoms with Gasteiger partial charge in [-0.05, 0) is 25.0 Å². The van der Waals surface area contributed by atoms with Gasteiger partial charge < -0.3 is 5.32 Å². The first-order valence-corrected chi connectivity index (χ1v) is 6.82. The van der Waals surface area contributed by atoms with E-state index in [9.17, 15) is 0 Å². The number of anilines is 1. The molecule has 2 heterocycles. The summed E-state index contributed by atoms with van der Waals surface area (Å²) in [7, 11) is 1.87. The van der Waals surface area contributed by atoms with E-state index in [1.807, 2.05) is 33.2 Å². The molecule has 20 heavy (non-hydrogen) atoms. The molecular formula is C16H22N4. The summed E-state index contributed by atoms with van der Waals surface area (Å²) in [6.45, 7) is 10.5. The van der Waals surface area contributed by atoms with E-state index >= 15 is 0 Å². The molecule has 0 aliphatic rings. The van der Waals surface area contributed by atoms with Crippen LogP contribution >= 0.6 is 0 Å². The molecule has 0 aromatic carbocycles. The lowest BCUT2D eigenvalue weighted by molar-refractivity contribution is 0.568. The Morgan fingerprint density at radius 1 is 1.05 bits per heavy atom. The zero-order valence-electron chi connectivity index (χ0n) is 13.1. The third-order valence-corrected chi connectivity index (χ3v) is 3.18. The maximum absolute atomic E-state index is 4.70. The van der Waals surface area contributed by atoms with E-state index in [0.29, 0.717) is 5.82 Å². The molecule has 4 heteroatoms. The molecule has 0 atom stereocenters. The SMILES string of the molecule is CNc1cc(C(C)(C)C)nc(-c2ncc(C)cc2C)n1. The Morgan fingerprint density at radius 3 is 2.30 bits per heavy atom. The highest BCUT2D eigenvalue weighted by Gasteiger charge is 2.19. The molecule has 0 aliphatic heterocycles. The van der Waals surface area contributed by atoms with E-state index < -0.39 is 0 Å². The first-order chi connectivity index (χ1) is 9.31. The molecule has 0 bridgehead atoms. The Labute approximate surface area is 120 Å². The van der Waals surface area contributed by atoms with Crippen LogP contribution in [-0.2, 0) is 5.41 Å². The average molecular weight is 270 g/mol. The second-order valence-corrected chi connectivity index (χ2v) is 6.14. The third-order valence-electron chi connectivity index (χ3n) is 3.18. The average Bonchev–Trinajstić information content (AvgIpc) is 2.37. The van der Waals surface area contributed by atoms with Gasteiger partial charge in [-0.2, -0.15) is 0 Å². The van der Waals surface area contributed by atoms with Gasteiger partial charge in [0.1, 0.15) is 11.5 Å². The van der Waals surface area contributed by atoms with Crippen LogP contribution < -0.4 is 5.32 Å². The quantitative estimate of drug-likeness (QED) is 0.907. The van der Waals surface area contributed by atoms with Crippen LogP contribution in [0.1, 0.15) is 37.6 Å². The highest BCUT2D eigenvalue weighted by Crippen LogP contribution is 2.26. The van der Waals surface area contributed by atoms with Gasteiger partial charge >= 0.3 is 0 Å². The van der Waals surface area contributed by atoms with Crippen molar-refractivity contribution < 1.29 is 0 Å². The lowest BCUT2D eigenvalue weighted by Gasteiger charge is -2.19. The maximum atomic E-state index is 4.70. The first kappa shape index (κ1) is 14.4. The second-order valence-electron chi connectivity index (χ2n) is 6.14. The van der Waals surface area contributed by atoms with Crippen LogP contribution in [0.15, 0.2) is 18.3 Å². The molecule has 0 fully saturated rings. The molecule has 2 rings (SSSR count). The summed E-state index contributed by atoms with van der Waals surface area (Å²) < 4.78 is 0. The van der Waals surface area contributed by atoms with Crippen LogP contribution in [0.2, 0.25) is 0 Å². The Hall–Kier alpha value is -1.97. The molecule has 0 radical (unpaired) electrons. The number of nitrogens with one attached hydrogen (secondary N) is 1. The fourth-order valence-corrected chi connectivity index (χ4v) is 2.01. The van der Waals surface area contributed by atoms with Crippen molar-refractivity contribution in [3.05, 3.63) is 35.2 Å². The maximum Gasteiger partial charge on any atom is 0.180 e. The van der Waals surface area contributed by atoms with Crippen LogP contribution in [0.25, 0.3) is 11.5 Å². The molecule has 0 spiro atoms. The standard InChI is InChI=1S/C16H22N4/c1-10-7-11(2)14(18-9-10)15-19-12(16(3,4)5)8-13(17-6)20-15/h7-9H,1-6H3,(H,17,19,20). The predicted molar refractivity (Wildman–Crippen MR) is 83.0 cm³/mol. The summed E-state index contributed by atoms with van der Waals surface area (Å²) in [6.07, 6.45) is 1.86. The molecule has 0 unspecified atom stereocenters. The van der Waals surface area contributed by atoms with E-state index in [0.717, 1.165) is 28.3 Å². The van der Waals surface area contributed by atoms with Crippen molar-refractivity contribution in [2.75, 3.05) is 12.4 Å². The molecular weight excluding hydrogens is 248 g/mol. The Bertz CT molecular complexity index is 627. The molecule has 2 aromatic heterocycles. The summed E-state index contributed by atoms with van der Waals surface area (Å²) in [5.74, 6) is 1.50. The van der Waals surface area contributed by atoms with Gasteiger partial charge in [0.15, 0.2) is 5.82 Å². The van der Waals surface area contributed by atoms with Crippen LogP contribution in [-0.4, -0.2) is 22.0 Å². The lowest BCUT2D eigenvalue weighted by Crippen LogP contribution is -2.15. The summed E-state index contributed by atoms with van der Waals surface area (Å²) in [4.78, 5) is 13.7. The van der Waals surface area contributed by atoms with Gasteiger partial charge in [-0.15, -0.1) is 0 Å². The molecule has 106 valence electrons. The Balaban J connectivity index is 2.61. The van der Waals surface area contributed by atoms with Crippen molar-refractivity contribution in [3.63, 3.8) is 0 Å². The van der Waals surface area contributed by atoms with Crippen molar-refractivity contribution >= 4 is 5.82 Å². The van der Waals surface area contributed by atoms with E-state index in [1.54, 1.807) is 0 Å². The van der Waals surface area contributed by atoms with Crippen molar-refractivity contribution in [1.82, 2.24) is 15.0 Å². The fraction of sp³-hybridized carbons (Fsp3) is 0.438. The number of aryl methyl sites for hydroxylation is 2. The zero-order valence-corrected chi connectivity index (χ0v) is 13.1. The summed E-state index contributed by atoms with van der Waals surface area (Å²) in [5.41, 5.74) is 4.07. The highest BCUT2D eigenvalue weighted by atomic mass is 15.0. The summed E-state index contributed by atoms with van der Waals surface area (Å²) in [6, 6.07) is 4.10. The number of pyridine rings is 1. The van der Waals surface area contributed by atoms with Crippen LogP contribution in [0.3, 0.4) is 0 Å². The zero-order chi connectivity index (χ0) is 14.9. The van der Waals surface area contributed by atoms with E-state index in [4.69, 9.17) is 4.98 Å². The van der Waals surface area contributed by atoms with Gasteiger partial charge in [-0.25, -0.2) is 9.97 Å². The molecule has 0 saturated carbocycles. The van der Waals surface area contributed by atoms with Gasteiger partial charge in [-0.3, -0.25) is 4.98 Å². The van der Waals surface area contributed by atoms with E-state index in [2.05, 4.69) is 42.1 Å². The lowest BCUT2D eigenvalue weighted by atomic mass is 9.92. The molecule has 0 aliphatic carbocycles. The number of rotatable bonds is 2. The van der Waals surface area contributed by atoms with Gasteiger partial charge in [0.25, 0.3) is 0 Å². The van der Waals surface area contributed by atoms with Gasteiger partial charge in [0, 0.05) is 24.7 Å². The minimum absolute atomic E-state index is 0.0259. The van der Waals surface area contributed by atoms with Gasteiger partial charge in [0.05, 0.1) is 5.69 Å². The largest absolute Gasteiger partial charge is 0.373 e. The Kier molecular flexibility index (Phi) is 3.75. The third kappa shape index (κ3) is 2.95. The highest BCUT2D eigenvalue weighted by molar-refractivity contribution is 5.57. The summed E-state index contributed by atoms with van der Waals surface area (Å²) >= 11 is 0. The van der Waals surface area contributed by atoms with E-state index in [-0.39, 0.29) is 5.41 Å². The number of hydrogen-bond donors (Lipinski definition) is 1. The van der Waals surface area contributed by atoms with Crippen LogP contribution in [0, 0.1) is 13.8 Å². The fourth-order valence-electron chi connectivity index (χ4n) is 2.01. The van der Waals surface area contributed by atoms with Crippen molar-refractivity contribution in [1.29, 1.82) is 0 Å². The minimum Gasteiger partial charge on any atom is -0.373 e. The van der Waals surface area contributed by atoms with Gasteiger partial charge in [-0.1, -0.05) is 26.8 Å².